The molecule has 0 saturated carbocycles. The maximum absolute atomic E-state index is 13.4. The smallest absolute Gasteiger partial charge is 0.490 e. The number of benzene rings is 1. The van der Waals surface area contributed by atoms with Crippen LogP contribution in [-0.2, 0) is 21.4 Å². The summed E-state index contributed by atoms with van der Waals surface area (Å²) in [6.07, 6.45) is -10.2. The third-order valence-electron chi connectivity index (χ3n) is 6.95. The summed E-state index contributed by atoms with van der Waals surface area (Å²) in [6.45, 7) is 11.7. The molecule has 1 aliphatic rings. The Labute approximate surface area is 274 Å². The maximum Gasteiger partial charge on any atom is 0.490 e. The largest absolute Gasteiger partial charge is 0.490 e. The van der Waals surface area contributed by atoms with Gasteiger partial charge in [0, 0.05) is 45.2 Å². The standard InChI is InChI=1S/C25H34N4O4S.2C2HF3O2/c1-4-28(5-2)11-10-26-24(30)23-21(33-17-14-29-12-15-32-16-13-29)20-22(34-23)18-8-6-7-9-19(18)27(3)25(20)31;2*3-2(4,5)1(6)7/h6-9H,4-5,10-17H2,1-3H3,(H,26,30);2*(H,6,7). The van der Waals surface area contributed by atoms with Crippen LogP contribution in [0.5, 0.6) is 5.75 Å². The summed E-state index contributed by atoms with van der Waals surface area (Å²) in [5.41, 5.74) is 0.697. The number of alkyl halides is 6. The van der Waals surface area contributed by atoms with Crippen LogP contribution < -0.4 is 15.6 Å². The van der Waals surface area contributed by atoms with Crippen molar-refractivity contribution in [3.05, 3.63) is 39.5 Å². The van der Waals surface area contributed by atoms with Gasteiger partial charge < -0.3 is 34.5 Å². The van der Waals surface area contributed by atoms with Crippen LogP contribution in [0.2, 0.25) is 0 Å². The van der Waals surface area contributed by atoms with E-state index in [1.807, 2.05) is 24.3 Å². The van der Waals surface area contributed by atoms with Crippen molar-refractivity contribution in [3.8, 4) is 5.75 Å². The minimum absolute atomic E-state index is 0.145. The highest BCUT2D eigenvalue weighted by atomic mass is 32.1. The van der Waals surface area contributed by atoms with Gasteiger partial charge in [0.25, 0.3) is 11.5 Å². The van der Waals surface area contributed by atoms with E-state index in [9.17, 15) is 35.9 Å². The fourth-order valence-electron chi connectivity index (χ4n) is 4.37. The van der Waals surface area contributed by atoms with Crippen LogP contribution in [-0.4, -0.2) is 120 Å². The number of morpholine rings is 1. The van der Waals surface area contributed by atoms with Crippen molar-refractivity contribution >= 4 is 50.2 Å². The molecule has 1 aromatic carbocycles. The highest BCUT2D eigenvalue weighted by Crippen LogP contribution is 2.39. The van der Waals surface area contributed by atoms with E-state index in [0.29, 0.717) is 42.4 Å². The number of carbonyl (C=O) groups excluding carboxylic acids is 1. The first-order valence-corrected chi connectivity index (χ1v) is 15.3. The van der Waals surface area contributed by atoms with Gasteiger partial charge in [-0.25, -0.2) is 9.59 Å². The molecule has 0 bridgehead atoms. The van der Waals surface area contributed by atoms with Crippen molar-refractivity contribution in [3.63, 3.8) is 0 Å². The number of nitrogens with zero attached hydrogens (tertiary/aromatic N) is 3. The first-order valence-electron chi connectivity index (χ1n) is 14.5. The number of amides is 1. The number of thiophene rings is 1. The van der Waals surface area contributed by atoms with Gasteiger partial charge in [-0.1, -0.05) is 32.0 Å². The Bertz CT molecular complexity index is 1570. The number of aryl methyl sites for hydroxylation is 1. The summed E-state index contributed by atoms with van der Waals surface area (Å²) in [4.78, 5) is 49.4. The number of nitrogens with one attached hydrogen (secondary N) is 1. The van der Waals surface area contributed by atoms with Gasteiger partial charge in [0.2, 0.25) is 0 Å². The van der Waals surface area contributed by atoms with Crippen LogP contribution in [0.3, 0.4) is 0 Å². The summed E-state index contributed by atoms with van der Waals surface area (Å²) in [5.74, 6) is -5.30. The van der Waals surface area contributed by atoms with Gasteiger partial charge in [-0.15, -0.1) is 11.3 Å². The molecule has 19 heteroatoms. The third kappa shape index (κ3) is 11.3. The van der Waals surface area contributed by atoms with Gasteiger partial charge in [-0.05, 0) is 19.2 Å². The summed E-state index contributed by atoms with van der Waals surface area (Å²) in [6, 6.07) is 7.79. The van der Waals surface area contributed by atoms with Gasteiger partial charge in [-0.2, -0.15) is 26.3 Å². The molecule has 1 aliphatic heterocycles. The Balaban J connectivity index is 0.000000479. The second-order valence-corrected chi connectivity index (χ2v) is 11.1. The monoisotopic (exact) mass is 714 g/mol. The first-order chi connectivity index (χ1) is 22.4. The number of carboxylic acids is 2. The number of rotatable bonds is 10. The molecule has 4 rings (SSSR count). The van der Waals surface area contributed by atoms with Crippen LogP contribution in [0, 0.1) is 0 Å². The van der Waals surface area contributed by atoms with Gasteiger partial charge in [-0.3, -0.25) is 14.5 Å². The van der Waals surface area contributed by atoms with E-state index in [4.69, 9.17) is 29.3 Å². The summed E-state index contributed by atoms with van der Waals surface area (Å²) in [7, 11) is 1.77. The van der Waals surface area contributed by atoms with Crippen LogP contribution in [0.25, 0.3) is 21.0 Å². The van der Waals surface area contributed by atoms with Crippen molar-refractivity contribution in [2.24, 2.45) is 7.05 Å². The van der Waals surface area contributed by atoms with E-state index in [2.05, 4.69) is 29.0 Å². The second-order valence-electron chi connectivity index (χ2n) is 10.0. The van der Waals surface area contributed by atoms with Crippen molar-refractivity contribution in [2.45, 2.75) is 26.2 Å². The average Bonchev–Trinajstić information content (AvgIpc) is 3.42. The number of aromatic nitrogens is 1. The quantitative estimate of drug-likeness (QED) is 0.265. The Morgan fingerprint density at radius 2 is 1.54 bits per heavy atom. The Morgan fingerprint density at radius 3 is 2.06 bits per heavy atom. The number of hydrogen-bond acceptors (Lipinski definition) is 9. The number of pyridine rings is 1. The van der Waals surface area contributed by atoms with Crippen LogP contribution in [0.15, 0.2) is 29.1 Å². The fourth-order valence-corrected chi connectivity index (χ4v) is 5.56. The minimum atomic E-state index is -5.08. The minimum Gasteiger partial charge on any atom is -0.490 e. The van der Waals surface area contributed by atoms with Crippen molar-refractivity contribution in [1.29, 1.82) is 0 Å². The molecule has 3 aromatic rings. The molecular weight excluding hydrogens is 678 g/mol. The van der Waals surface area contributed by atoms with Gasteiger partial charge in [0.1, 0.15) is 16.9 Å². The number of halogens is 6. The summed E-state index contributed by atoms with van der Waals surface area (Å²) >= 11 is 1.34. The zero-order valence-electron chi connectivity index (χ0n) is 26.2. The van der Waals surface area contributed by atoms with Gasteiger partial charge in [0.15, 0.2) is 5.75 Å². The highest BCUT2D eigenvalue weighted by Gasteiger charge is 2.39. The molecular formula is C29H36F6N4O8S. The lowest BCUT2D eigenvalue weighted by Crippen LogP contribution is -2.38. The van der Waals surface area contributed by atoms with E-state index in [-0.39, 0.29) is 11.5 Å². The molecule has 2 aromatic heterocycles. The number of hydrogen-bond donors (Lipinski definition) is 3. The van der Waals surface area contributed by atoms with Gasteiger partial charge >= 0.3 is 24.3 Å². The molecule has 0 aliphatic carbocycles. The van der Waals surface area contributed by atoms with E-state index < -0.39 is 24.3 Å². The number of likely N-dealkylation sites (N-methyl/N-ethyl adjacent to an activating group) is 1. The number of carboxylic acid groups (broad SMARTS) is 2. The molecule has 1 saturated heterocycles. The maximum atomic E-state index is 13.4. The topological polar surface area (TPSA) is 151 Å². The molecule has 48 heavy (non-hydrogen) atoms. The predicted octanol–water partition coefficient (Wildman–Crippen LogP) is 3.80. The lowest BCUT2D eigenvalue weighted by atomic mass is 10.1. The Kier molecular flexibility index (Phi) is 15.1. The lowest BCUT2D eigenvalue weighted by Gasteiger charge is -2.26. The van der Waals surface area contributed by atoms with Crippen molar-refractivity contribution in [2.75, 3.05) is 65.6 Å². The van der Waals surface area contributed by atoms with E-state index in [1.165, 1.54) is 11.3 Å². The highest BCUT2D eigenvalue weighted by molar-refractivity contribution is 7.22. The number of fused-ring (bicyclic) bond motifs is 3. The molecule has 0 radical (unpaired) electrons. The SMILES string of the molecule is CCN(CC)CCNC(=O)c1sc2c(c1OCCN1CCOCC1)c(=O)n(C)c1ccccc21.O=C(O)C(F)(F)F.O=C(O)C(F)(F)F. The molecule has 268 valence electrons. The Hall–Kier alpha value is -3.94. The van der Waals surface area contributed by atoms with Crippen molar-refractivity contribution < 1.29 is 60.4 Å². The first kappa shape index (κ1) is 40.2. The lowest BCUT2D eigenvalue weighted by molar-refractivity contribution is -0.193. The summed E-state index contributed by atoms with van der Waals surface area (Å²) in [5, 5.41) is 18.7. The molecule has 0 spiro atoms. The zero-order valence-corrected chi connectivity index (χ0v) is 27.1. The molecule has 0 unspecified atom stereocenters. The molecule has 3 heterocycles. The van der Waals surface area contributed by atoms with Crippen molar-refractivity contribution in [1.82, 2.24) is 19.7 Å². The van der Waals surface area contributed by atoms with Crippen LogP contribution >= 0.6 is 11.3 Å². The number of aliphatic carboxylic acids is 2. The van der Waals surface area contributed by atoms with Crippen LogP contribution in [0.1, 0.15) is 23.5 Å². The second kappa shape index (κ2) is 18.0. The molecule has 12 nitrogen and oxygen atoms in total. The number of para-hydroxylation sites is 1. The fraction of sp³-hybridized carbons (Fsp3) is 0.517. The van der Waals surface area contributed by atoms with E-state index in [0.717, 1.165) is 54.9 Å². The Morgan fingerprint density at radius 1 is 1.00 bits per heavy atom. The predicted molar refractivity (Wildman–Crippen MR) is 165 cm³/mol. The normalized spacial score (nSPS) is 13.8. The number of carbonyl (C=O) groups is 3. The summed E-state index contributed by atoms with van der Waals surface area (Å²) < 4.78 is 77.5. The number of ether oxygens (including phenoxy) is 2. The molecule has 1 fully saturated rings. The van der Waals surface area contributed by atoms with E-state index in [1.54, 1.807) is 11.6 Å². The van der Waals surface area contributed by atoms with E-state index >= 15 is 0 Å². The third-order valence-corrected chi connectivity index (χ3v) is 8.15. The molecule has 1 amide bonds. The molecule has 0 atom stereocenters. The van der Waals surface area contributed by atoms with Crippen LogP contribution in [0.4, 0.5) is 26.3 Å². The van der Waals surface area contributed by atoms with Gasteiger partial charge in [0.05, 0.1) is 23.4 Å². The zero-order chi connectivity index (χ0) is 36.2. The molecule has 3 N–H and O–H groups in total. The average molecular weight is 715 g/mol.